The van der Waals surface area contributed by atoms with Gasteiger partial charge in [-0.15, -0.1) is 0 Å². The maximum atomic E-state index is 4.57. The lowest BCUT2D eigenvalue weighted by molar-refractivity contribution is 1.14. The molecular formula is C11H14N2S. The quantitative estimate of drug-likeness (QED) is 0.818. The van der Waals surface area contributed by atoms with Gasteiger partial charge in [0.1, 0.15) is 5.82 Å². The third-order valence-electron chi connectivity index (χ3n) is 2.25. The Morgan fingerprint density at radius 1 is 1.36 bits per heavy atom. The van der Waals surface area contributed by atoms with Gasteiger partial charge in [0, 0.05) is 0 Å². The molecule has 0 aliphatic carbocycles. The van der Waals surface area contributed by atoms with E-state index < -0.39 is 0 Å². The van der Waals surface area contributed by atoms with Gasteiger partial charge in [-0.05, 0) is 37.3 Å². The highest BCUT2D eigenvalue weighted by Gasteiger charge is 2.04. The monoisotopic (exact) mass is 206 g/mol. The largest absolute Gasteiger partial charge is 0.341 e. The van der Waals surface area contributed by atoms with Crippen LogP contribution in [0.5, 0.6) is 0 Å². The summed E-state index contributed by atoms with van der Waals surface area (Å²) in [5.41, 5.74) is 4.81. The minimum atomic E-state index is 0.952. The van der Waals surface area contributed by atoms with Crippen molar-refractivity contribution in [2.24, 2.45) is 0 Å². The van der Waals surface area contributed by atoms with Crippen LogP contribution < -0.4 is 0 Å². The van der Waals surface area contributed by atoms with Gasteiger partial charge in [0.25, 0.3) is 0 Å². The lowest BCUT2D eigenvalue weighted by Crippen LogP contribution is -1.81. The number of aromatic amines is 1. The van der Waals surface area contributed by atoms with Gasteiger partial charge in [0.15, 0.2) is 0 Å². The van der Waals surface area contributed by atoms with Gasteiger partial charge in [-0.25, -0.2) is 4.98 Å². The highest BCUT2D eigenvalue weighted by Crippen LogP contribution is 2.19. The topological polar surface area (TPSA) is 28.7 Å². The minimum absolute atomic E-state index is 0.952. The molecule has 1 N–H and O–H groups in total. The van der Waals surface area contributed by atoms with Crippen molar-refractivity contribution in [2.45, 2.75) is 19.6 Å². The SMILES string of the molecule is CSCc1nc2c(C)cc(C)cc2[nH]1. The van der Waals surface area contributed by atoms with Crippen LogP contribution >= 0.6 is 11.8 Å². The molecule has 0 bridgehead atoms. The Hall–Kier alpha value is -0.960. The maximum Gasteiger partial charge on any atom is 0.117 e. The second-order valence-corrected chi connectivity index (χ2v) is 4.46. The molecule has 14 heavy (non-hydrogen) atoms. The number of aryl methyl sites for hydroxylation is 2. The standard InChI is InChI=1S/C11H14N2S/c1-7-4-8(2)11-9(5-7)12-10(13-11)6-14-3/h4-5H,6H2,1-3H3,(H,12,13). The Balaban J connectivity index is 2.58. The molecule has 2 aromatic rings. The van der Waals surface area contributed by atoms with Crippen LogP contribution in [0.1, 0.15) is 17.0 Å². The van der Waals surface area contributed by atoms with Gasteiger partial charge in [-0.1, -0.05) is 6.07 Å². The number of aromatic nitrogens is 2. The van der Waals surface area contributed by atoms with Gasteiger partial charge in [-0.2, -0.15) is 11.8 Å². The first-order valence-corrected chi connectivity index (χ1v) is 6.05. The molecule has 0 aliphatic heterocycles. The number of hydrogen-bond donors (Lipinski definition) is 1. The average Bonchev–Trinajstić information content (AvgIpc) is 2.48. The molecule has 3 heteroatoms. The smallest absolute Gasteiger partial charge is 0.117 e. The van der Waals surface area contributed by atoms with Crippen molar-refractivity contribution in [3.8, 4) is 0 Å². The van der Waals surface area contributed by atoms with Crippen molar-refractivity contribution in [2.75, 3.05) is 6.26 Å². The highest BCUT2D eigenvalue weighted by molar-refractivity contribution is 7.97. The van der Waals surface area contributed by atoms with Crippen LogP contribution in [-0.2, 0) is 5.75 Å². The Morgan fingerprint density at radius 2 is 2.14 bits per heavy atom. The number of rotatable bonds is 2. The van der Waals surface area contributed by atoms with Crippen molar-refractivity contribution in [3.63, 3.8) is 0 Å². The van der Waals surface area contributed by atoms with E-state index in [4.69, 9.17) is 0 Å². The molecule has 74 valence electrons. The molecule has 0 fully saturated rings. The van der Waals surface area contributed by atoms with Crippen LogP contribution in [0, 0.1) is 13.8 Å². The normalized spacial score (nSPS) is 11.1. The molecule has 1 aromatic carbocycles. The molecule has 0 unspecified atom stereocenters. The Labute approximate surface area is 88.1 Å². The molecule has 2 nitrogen and oxygen atoms in total. The zero-order valence-corrected chi connectivity index (χ0v) is 9.53. The first kappa shape index (κ1) is 9.59. The van der Waals surface area contributed by atoms with E-state index >= 15 is 0 Å². The summed E-state index contributed by atoms with van der Waals surface area (Å²) in [5, 5.41) is 0. The van der Waals surface area contributed by atoms with E-state index in [1.807, 2.05) is 0 Å². The van der Waals surface area contributed by atoms with Gasteiger partial charge in [0.05, 0.1) is 16.8 Å². The van der Waals surface area contributed by atoms with E-state index in [9.17, 15) is 0 Å². The highest BCUT2D eigenvalue weighted by atomic mass is 32.2. The summed E-state index contributed by atoms with van der Waals surface area (Å²) in [6.07, 6.45) is 2.09. The molecule has 0 radical (unpaired) electrons. The van der Waals surface area contributed by atoms with Gasteiger partial charge in [0.2, 0.25) is 0 Å². The van der Waals surface area contributed by atoms with E-state index in [2.05, 4.69) is 42.2 Å². The first-order chi connectivity index (χ1) is 6.70. The number of benzene rings is 1. The molecule has 0 saturated carbocycles. The number of fused-ring (bicyclic) bond motifs is 1. The Bertz CT molecular complexity index is 460. The fraction of sp³-hybridized carbons (Fsp3) is 0.364. The fourth-order valence-corrected chi connectivity index (χ4v) is 2.14. The van der Waals surface area contributed by atoms with E-state index in [1.54, 1.807) is 11.8 Å². The third kappa shape index (κ3) is 1.64. The minimum Gasteiger partial charge on any atom is -0.341 e. The summed E-state index contributed by atoms with van der Waals surface area (Å²) in [5.74, 6) is 2.02. The van der Waals surface area contributed by atoms with E-state index in [-0.39, 0.29) is 0 Å². The zero-order chi connectivity index (χ0) is 10.1. The zero-order valence-electron chi connectivity index (χ0n) is 8.72. The predicted molar refractivity (Wildman–Crippen MR) is 62.8 cm³/mol. The number of hydrogen-bond acceptors (Lipinski definition) is 2. The van der Waals surface area contributed by atoms with E-state index in [0.29, 0.717) is 0 Å². The average molecular weight is 206 g/mol. The Kier molecular flexibility index (Phi) is 2.50. The van der Waals surface area contributed by atoms with Crippen molar-refractivity contribution >= 4 is 22.8 Å². The number of nitrogens with zero attached hydrogens (tertiary/aromatic N) is 1. The summed E-state index contributed by atoms with van der Waals surface area (Å²) in [7, 11) is 0. The van der Waals surface area contributed by atoms with Crippen LogP contribution in [0.2, 0.25) is 0 Å². The van der Waals surface area contributed by atoms with Crippen molar-refractivity contribution in [3.05, 3.63) is 29.1 Å². The molecule has 0 amide bonds. The van der Waals surface area contributed by atoms with Crippen molar-refractivity contribution < 1.29 is 0 Å². The van der Waals surface area contributed by atoms with Crippen molar-refractivity contribution in [1.29, 1.82) is 0 Å². The lowest BCUT2D eigenvalue weighted by Gasteiger charge is -1.96. The second kappa shape index (κ2) is 3.65. The first-order valence-electron chi connectivity index (χ1n) is 4.65. The van der Waals surface area contributed by atoms with Crippen LogP contribution in [-0.4, -0.2) is 16.2 Å². The molecule has 0 aliphatic rings. The van der Waals surface area contributed by atoms with Gasteiger partial charge >= 0.3 is 0 Å². The summed E-state index contributed by atoms with van der Waals surface area (Å²) < 4.78 is 0. The van der Waals surface area contributed by atoms with E-state index in [0.717, 1.165) is 22.6 Å². The summed E-state index contributed by atoms with van der Waals surface area (Å²) in [6, 6.07) is 4.32. The fourth-order valence-electron chi connectivity index (χ4n) is 1.73. The number of imidazole rings is 1. The Morgan fingerprint density at radius 3 is 2.86 bits per heavy atom. The molecule has 1 heterocycles. The van der Waals surface area contributed by atoms with Crippen LogP contribution in [0.15, 0.2) is 12.1 Å². The third-order valence-corrected chi connectivity index (χ3v) is 2.81. The summed E-state index contributed by atoms with van der Waals surface area (Å²) in [6.45, 7) is 4.22. The number of H-pyrrole nitrogens is 1. The van der Waals surface area contributed by atoms with Gasteiger partial charge < -0.3 is 4.98 Å². The van der Waals surface area contributed by atoms with Crippen molar-refractivity contribution in [1.82, 2.24) is 9.97 Å². The lowest BCUT2D eigenvalue weighted by atomic mass is 10.1. The van der Waals surface area contributed by atoms with Crippen LogP contribution in [0.4, 0.5) is 0 Å². The molecule has 0 spiro atoms. The van der Waals surface area contributed by atoms with E-state index in [1.165, 1.54) is 11.1 Å². The molecule has 0 saturated heterocycles. The van der Waals surface area contributed by atoms with Crippen LogP contribution in [0.3, 0.4) is 0 Å². The molecule has 0 atom stereocenters. The van der Waals surface area contributed by atoms with Crippen LogP contribution in [0.25, 0.3) is 11.0 Å². The number of thioether (sulfide) groups is 1. The summed E-state index contributed by atoms with van der Waals surface area (Å²) >= 11 is 1.79. The number of nitrogens with one attached hydrogen (secondary N) is 1. The summed E-state index contributed by atoms with van der Waals surface area (Å²) in [4.78, 5) is 7.91. The second-order valence-electron chi connectivity index (χ2n) is 3.59. The maximum absolute atomic E-state index is 4.57. The van der Waals surface area contributed by atoms with Gasteiger partial charge in [-0.3, -0.25) is 0 Å². The molecule has 1 aromatic heterocycles. The molecule has 2 rings (SSSR count). The predicted octanol–water partition coefficient (Wildman–Crippen LogP) is 3.04. The molecular weight excluding hydrogens is 192 g/mol.